The summed E-state index contributed by atoms with van der Waals surface area (Å²) in [6, 6.07) is 7.92. The van der Waals surface area contributed by atoms with Gasteiger partial charge in [-0.3, -0.25) is 0 Å². The smallest absolute Gasteiger partial charge is 0.145 e. The molecule has 0 fully saturated rings. The molecule has 0 saturated carbocycles. The van der Waals surface area contributed by atoms with Gasteiger partial charge in [0, 0.05) is 0 Å². The molecule has 0 aliphatic heterocycles. The molecule has 0 aliphatic rings. The first-order valence-electron chi connectivity index (χ1n) is 4.69. The van der Waals surface area contributed by atoms with Crippen molar-refractivity contribution in [1.29, 1.82) is 0 Å². The van der Waals surface area contributed by atoms with Crippen molar-refractivity contribution in [2.24, 2.45) is 5.73 Å². The van der Waals surface area contributed by atoms with Crippen LogP contribution in [0.2, 0.25) is 0 Å². The average Bonchev–Trinajstić information content (AvgIpc) is 2.18. The number of hydrogen-bond acceptors (Lipinski definition) is 2. The molecule has 0 saturated heterocycles. The molecule has 1 unspecified atom stereocenters. The maximum atomic E-state index is 5.63. The van der Waals surface area contributed by atoms with Gasteiger partial charge in [-0.25, -0.2) is 0 Å². The molecule has 2 nitrogen and oxygen atoms in total. The van der Waals surface area contributed by atoms with Crippen molar-refractivity contribution in [3.05, 3.63) is 29.8 Å². The van der Waals surface area contributed by atoms with Crippen LogP contribution in [0.5, 0.6) is 5.75 Å². The van der Waals surface area contributed by atoms with Crippen molar-refractivity contribution < 1.29 is 4.74 Å². The van der Waals surface area contributed by atoms with Crippen LogP contribution in [0.4, 0.5) is 0 Å². The van der Waals surface area contributed by atoms with Crippen LogP contribution < -0.4 is 10.5 Å². The SMILES string of the molecule is CCc1ccccc1OC(C)C(N)=S. The van der Waals surface area contributed by atoms with Crippen LogP contribution in [-0.2, 0) is 6.42 Å². The lowest BCUT2D eigenvalue weighted by Crippen LogP contribution is -2.29. The molecule has 0 bridgehead atoms. The van der Waals surface area contributed by atoms with Crippen LogP contribution in [0, 0.1) is 0 Å². The highest BCUT2D eigenvalue weighted by Gasteiger charge is 2.08. The Balaban J connectivity index is 2.80. The van der Waals surface area contributed by atoms with E-state index < -0.39 is 0 Å². The minimum Gasteiger partial charge on any atom is -0.483 e. The van der Waals surface area contributed by atoms with E-state index in [1.54, 1.807) is 0 Å². The zero-order chi connectivity index (χ0) is 10.6. The van der Waals surface area contributed by atoms with Gasteiger partial charge in [-0.2, -0.15) is 0 Å². The molecule has 1 aromatic carbocycles. The molecule has 0 aromatic heterocycles. The second kappa shape index (κ2) is 4.96. The molecule has 76 valence electrons. The van der Waals surface area contributed by atoms with E-state index in [2.05, 4.69) is 6.92 Å². The summed E-state index contributed by atoms with van der Waals surface area (Å²) in [4.78, 5) is 0.385. The van der Waals surface area contributed by atoms with E-state index in [1.807, 2.05) is 31.2 Å². The third-order valence-corrected chi connectivity index (χ3v) is 2.39. The van der Waals surface area contributed by atoms with Crippen molar-refractivity contribution in [3.8, 4) is 5.75 Å². The number of para-hydroxylation sites is 1. The number of hydrogen-bond donors (Lipinski definition) is 1. The zero-order valence-electron chi connectivity index (χ0n) is 8.49. The molecule has 14 heavy (non-hydrogen) atoms. The van der Waals surface area contributed by atoms with Crippen LogP contribution in [0.1, 0.15) is 19.4 Å². The predicted molar refractivity (Wildman–Crippen MR) is 62.7 cm³/mol. The summed E-state index contributed by atoms with van der Waals surface area (Å²) in [5.41, 5.74) is 6.66. The monoisotopic (exact) mass is 209 g/mol. The lowest BCUT2D eigenvalue weighted by molar-refractivity contribution is 0.285. The van der Waals surface area contributed by atoms with E-state index in [1.165, 1.54) is 5.56 Å². The number of benzene rings is 1. The van der Waals surface area contributed by atoms with Gasteiger partial charge in [0.25, 0.3) is 0 Å². The molecule has 0 spiro atoms. The Labute approximate surface area is 90.1 Å². The Morgan fingerprint density at radius 1 is 1.50 bits per heavy atom. The average molecular weight is 209 g/mol. The minimum atomic E-state index is -0.210. The first-order chi connectivity index (χ1) is 6.65. The van der Waals surface area contributed by atoms with Crippen LogP contribution in [0.15, 0.2) is 24.3 Å². The van der Waals surface area contributed by atoms with E-state index in [4.69, 9.17) is 22.7 Å². The number of rotatable bonds is 4. The maximum Gasteiger partial charge on any atom is 0.145 e. The topological polar surface area (TPSA) is 35.2 Å². The van der Waals surface area contributed by atoms with Crippen molar-refractivity contribution in [1.82, 2.24) is 0 Å². The van der Waals surface area contributed by atoms with Gasteiger partial charge in [0.15, 0.2) is 0 Å². The van der Waals surface area contributed by atoms with Crippen LogP contribution in [0.25, 0.3) is 0 Å². The fourth-order valence-corrected chi connectivity index (χ4v) is 1.21. The molecule has 0 heterocycles. The molecule has 0 aliphatic carbocycles. The van der Waals surface area contributed by atoms with E-state index in [9.17, 15) is 0 Å². The minimum absolute atomic E-state index is 0.210. The molecule has 1 atom stereocenters. The lowest BCUT2D eigenvalue weighted by Gasteiger charge is -2.15. The third-order valence-electron chi connectivity index (χ3n) is 2.06. The number of thiocarbonyl (C=S) groups is 1. The molecule has 1 aromatic rings. The summed E-state index contributed by atoms with van der Waals surface area (Å²) in [5, 5.41) is 0. The van der Waals surface area contributed by atoms with Crippen LogP contribution in [0.3, 0.4) is 0 Å². The lowest BCUT2D eigenvalue weighted by atomic mass is 10.1. The first-order valence-corrected chi connectivity index (χ1v) is 5.09. The van der Waals surface area contributed by atoms with Gasteiger partial charge < -0.3 is 10.5 Å². The standard InChI is InChI=1S/C11H15NOS/c1-3-9-6-4-5-7-10(9)13-8(2)11(12)14/h4-8H,3H2,1-2H3,(H2,12,14). The highest BCUT2D eigenvalue weighted by Crippen LogP contribution is 2.19. The summed E-state index contributed by atoms with van der Waals surface area (Å²) in [7, 11) is 0. The molecule has 0 amide bonds. The summed E-state index contributed by atoms with van der Waals surface area (Å²) >= 11 is 4.85. The molecule has 1 rings (SSSR count). The Morgan fingerprint density at radius 3 is 2.71 bits per heavy atom. The zero-order valence-corrected chi connectivity index (χ0v) is 9.30. The third kappa shape index (κ3) is 2.70. The van der Waals surface area contributed by atoms with Crippen molar-refractivity contribution in [2.75, 3.05) is 0 Å². The van der Waals surface area contributed by atoms with Gasteiger partial charge in [-0.1, -0.05) is 37.3 Å². The van der Waals surface area contributed by atoms with Crippen molar-refractivity contribution in [2.45, 2.75) is 26.4 Å². The quantitative estimate of drug-likeness (QED) is 0.773. The van der Waals surface area contributed by atoms with E-state index >= 15 is 0 Å². The highest BCUT2D eigenvalue weighted by molar-refractivity contribution is 7.80. The highest BCUT2D eigenvalue weighted by atomic mass is 32.1. The Hall–Kier alpha value is -1.09. The Morgan fingerprint density at radius 2 is 2.14 bits per heavy atom. The summed E-state index contributed by atoms with van der Waals surface area (Å²) in [6.45, 7) is 3.95. The number of ether oxygens (including phenoxy) is 1. The van der Waals surface area contributed by atoms with Crippen LogP contribution in [-0.4, -0.2) is 11.1 Å². The van der Waals surface area contributed by atoms with Gasteiger partial charge in [-0.05, 0) is 25.0 Å². The summed E-state index contributed by atoms with van der Waals surface area (Å²) < 4.78 is 5.63. The fourth-order valence-electron chi connectivity index (χ4n) is 1.16. The van der Waals surface area contributed by atoms with Gasteiger partial charge in [-0.15, -0.1) is 0 Å². The normalized spacial score (nSPS) is 12.1. The second-order valence-electron chi connectivity index (χ2n) is 3.12. The second-order valence-corrected chi connectivity index (χ2v) is 3.60. The van der Waals surface area contributed by atoms with Crippen LogP contribution >= 0.6 is 12.2 Å². The molecule has 0 radical (unpaired) electrons. The van der Waals surface area contributed by atoms with Gasteiger partial charge in [0.1, 0.15) is 16.8 Å². The first kappa shape index (κ1) is 11.0. The van der Waals surface area contributed by atoms with Crippen molar-refractivity contribution >= 4 is 17.2 Å². The molecular weight excluding hydrogens is 194 g/mol. The Kier molecular flexibility index (Phi) is 3.89. The Bertz CT molecular complexity index is 325. The van der Waals surface area contributed by atoms with Crippen molar-refractivity contribution in [3.63, 3.8) is 0 Å². The molecular formula is C11H15NOS. The van der Waals surface area contributed by atoms with Gasteiger partial charge >= 0.3 is 0 Å². The maximum absolute atomic E-state index is 5.63. The van der Waals surface area contributed by atoms with Gasteiger partial charge in [0.2, 0.25) is 0 Å². The van der Waals surface area contributed by atoms with E-state index in [-0.39, 0.29) is 6.10 Å². The number of aryl methyl sites for hydroxylation is 1. The summed E-state index contributed by atoms with van der Waals surface area (Å²) in [5.74, 6) is 0.871. The van der Waals surface area contributed by atoms with E-state index in [0.29, 0.717) is 4.99 Å². The fraction of sp³-hybridized carbons (Fsp3) is 0.364. The van der Waals surface area contributed by atoms with E-state index in [0.717, 1.165) is 12.2 Å². The largest absolute Gasteiger partial charge is 0.483 e. The summed E-state index contributed by atoms with van der Waals surface area (Å²) in [6.07, 6.45) is 0.734. The number of nitrogens with two attached hydrogens (primary N) is 1. The predicted octanol–water partition coefficient (Wildman–Crippen LogP) is 2.30. The van der Waals surface area contributed by atoms with Gasteiger partial charge in [0.05, 0.1) is 0 Å². The molecule has 3 heteroatoms. The molecule has 2 N–H and O–H groups in total.